The molecule has 0 fully saturated rings. The van der Waals surface area contributed by atoms with Crippen LogP contribution in [-0.4, -0.2) is 16.8 Å². The molecule has 10 heteroatoms. The van der Waals surface area contributed by atoms with Crippen molar-refractivity contribution in [2.75, 3.05) is 9.44 Å². The summed E-state index contributed by atoms with van der Waals surface area (Å²) in [6.45, 7) is 1.85. The molecule has 0 aliphatic rings. The summed E-state index contributed by atoms with van der Waals surface area (Å²) in [5.74, 6) is 0. The molecular formula is C19H16Cl2N2O4S2. The third-order valence-corrected chi connectivity index (χ3v) is 7.54. The average Bonchev–Trinajstić information content (AvgIpc) is 2.66. The molecule has 0 aliphatic carbocycles. The lowest BCUT2D eigenvalue weighted by Crippen LogP contribution is -2.15. The van der Waals surface area contributed by atoms with Gasteiger partial charge in [-0.05, 0) is 55.5 Å². The van der Waals surface area contributed by atoms with Crippen LogP contribution in [0.3, 0.4) is 0 Å². The number of hydrogen-bond acceptors (Lipinski definition) is 4. The fraction of sp³-hybridized carbons (Fsp3) is 0.0526. The highest BCUT2D eigenvalue weighted by Gasteiger charge is 2.18. The highest BCUT2D eigenvalue weighted by atomic mass is 35.5. The van der Waals surface area contributed by atoms with Crippen molar-refractivity contribution in [1.82, 2.24) is 0 Å². The van der Waals surface area contributed by atoms with Crippen LogP contribution in [0.15, 0.2) is 76.5 Å². The summed E-state index contributed by atoms with van der Waals surface area (Å²) in [4.78, 5) is 0.0453. The minimum absolute atomic E-state index is 0.0631. The molecule has 0 radical (unpaired) electrons. The largest absolute Gasteiger partial charge is 0.280 e. The van der Waals surface area contributed by atoms with Gasteiger partial charge in [-0.1, -0.05) is 47.0 Å². The minimum Gasteiger partial charge on any atom is -0.280 e. The SMILES string of the molecule is Cc1ccc(S(=O)(=O)Nc2ccc(S(=O)(=O)Nc3cccc(Cl)c3Cl)cc2)cc1. The number of hydrogen-bond donors (Lipinski definition) is 2. The third kappa shape index (κ3) is 5.02. The normalized spacial score (nSPS) is 11.8. The van der Waals surface area contributed by atoms with Gasteiger partial charge in [0.2, 0.25) is 0 Å². The van der Waals surface area contributed by atoms with E-state index in [9.17, 15) is 16.8 Å². The van der Waals surface area contributed by atoms with E-state index in [1.54, 1.807) is 18.2 Å². The van der Waals surface area contributed by atoms with E-state index >= 15 is 0 Å². The minimum atomic E-state index is -3.94. The van der Waals surface area contributed by atoms with Crippen molar-refractivity contribution in [2.45, 2.75) is 16.7 Å². The Morgan fingerprint density at radius 2 is 1.21 bits per heavy atom. The monoisotopic (exact) mass is 470 g/mol. The van der Waals surface area contributed by atoms with Gasteiger partial charge in [-0.25, -0.2) is 16.8 Å². The van der Waals surface area contributed by atoms with Crippen LogP contribution in [0.4, 0.5) is 11.4 Å². The quantitative estimate of drug-likeness (QED) is 0.535. The Hall–Kier alpha value is -2.26. The fourth-order valence-corrected chi connectivity index (χ4v) is 4.95. The van der Waals surface area contributed by atoms with Crippen LogP contribution in [0.2, 0.25) is 10.0 Å². The smallest absolute Gasteiger partial charge is 0.261 e. The van der Waals surface area contributed by atoms with E-state index in [2.05, 4.69) is 9.44 Å². The van der Waals surface area contributed by atoms with Gasteiger partial charge in [0, 0.05) is 5.69 Å². The zero-order valence-corrected chi connectivity index (χ0v) is 18.2. The van der Waals surface area contributed by atoms with Crippen LogP contribution in [0.25, 0.3) is 0 Å². The van der Waals surface area contributed by atoms with Gasteiger partial charge in [0.05, 0.1) is 25.5 Å². The van der Waals surface area contributed by atoms with Crippen LogP contribution in [0.1, 0.15) is 5.56 Å². The predicted molar refractivity (Wildman–Crippen MR) is 116 cm³/mol. The van der Waals surface area contributed by atoms with Gasteiger partial charge >= 0.3 is 0 Å². The molecule has 0 spiro atoms. The van der Waals surface area contributed by atoms with Crippen LogP contribution in [0.5, 0.6) is 0 Å². The summed E-state index contributed by atoms with van der Waals surface area (Å²) in [5, 5.41) is 0.299. The summed E-state index contributed by atoms with van der Waals surface area (Å²) in [6, 6.07) is 16.3. The summed E-state index contributed by atoms with van der Waals surface area (Å²) < 4.78 is 54.8. The molecule has 152 valence electrons. The molecule has 3 rings (SSSR count). The number of aryl methyl sites for hydroxylation is 1. The van der Waals surface area contributed by atoms with Crippen molar-refractivity contribution in [3.8, 4) is 0 Å². The number of rotatable bonds is 6. The molecular weight excluding hydrogens is 455 g/mol. The van der Waals surface area contributed by atoms with Crippen molar-refractivity contribution >= 4 is 54.6 Å². The van der Waals surface area contributed by atoms with Gasteiger partial charge < -0.3 is 0 Å². The Kier molecular flexibility index (Phi) is 6.09. The second-order valence-electron chi connectivity index (χ2n) is 6.15. The maximum atomic E-state index is 12.6. The van der Waals surface area contributed by atoms with E-state index in [1.807, 2.05) is 6.92 Å². The molecule has 3 aromatic carbocycles. The standard InChI is InChI=1S/C19H16Cl2N2O4S2/c1-13-5-9-15(10-6-13)28(24,25)22-14-7-11-16(12-8-14)29(26,27)23-18-4-2-3-17(20)19(18)21/h2-12,22-23H,1H3. The van der Waals surface area contributed by atoms with E-state index in [0.29, 0.717) is 0 Å². The van der Waals surface area contributed by atoms with E-state index in [-0.39, 0.29) is 31.2 Å². The summed E-state index contributed by atoms with van der Waals surface area (Å²) in [7, 11) is -7.72. The van der Waals surface area contributed by atoms with Crippen LogP contribution in [0, 0.1) is 6.92 Å². The Morgan fingerprint density at radius 1 is 0.690 bits per heavy atom. The number of sulfonamides is 2. The maximum absolute atomic E-state index is 12.6. The molecule has 3 aromatic rings. The Labute approximate surface area is 179 Å². The Balaban J connectivity index is 1.80. The topological polar surface area (TPSA) is 92.3 Å². The number of benzene rings is 3. The highest BCUT2D eigenvalue weighted by molar-refractivity contribution is 7.93. The maximum Gasteiger partial charge on any atom is 0.261 e. The van der Waals surface area contributed by atoms with E-state index in [0.717, 1.165) is 5.56 Å². The summed E-state index contributed by atoms with van der Waals surface area (Å²) in [5.41, 5.74) is 1.31. The molecule has 0 saturated carbocycles. The van der Waals surface area contributed by atoms with Crippen LogP contribution < -0.4 is 9.44 Å². The number of nitrogens with one attached hydrogen (secondary N) is 2. The van der Waals surface area contributed by atoms with Crippen molar-refractivity contribution in [2.24, 2.45) is 0 Å². The first-order valence-corrected chi connectivity index (χ1v) is 12.0. The van der Waals surface area contributed by atoms with E-state index < -0.39 is 20.0 Å². The molecule has 0 amide bonds. The van der Waals surface area contributed by atoms with Crippen LogP contribution >= 0.6 is 23.2 Å². The molecule has 29 heavy (non-hydrogen) atoms. The second kappa shape index (κ2) is 8.23. The van der Waals surface area contributed by atoms with Crippen molar-refractivity contribution in [1.29, 1.82) is 0 Å². The van der Waals surface area contributed by atoms with Gasteiger partial charge in [0.25, 0.3) is 20.0 Å². The lowest BCUT2D eigenvalue weighted by Gasteiger charge is -2.12. The predicted octanol–water partition coefficient (Wildman–Crippen LogP) is 4.90. The third-order valence-electron chi connectivity index (χ3n) is 3.94. The molecule has 0 atom stereocenters. The molecule has 0 unspecified atom stereocenters. The number of halogens is 2. The molecule has 2 N–H and O–H groups in total. The first kappa shape index (κ1) is 21.4. The Bertz CT molecular complexity index is 1240. The summed E-state index contributed by atoms with van der Waals surface area (Å²) >= 11 is 11.9. The molecule has 0 saturated heterocycles. The highest BCUT2D eigenvalue weighted by Crippen LogP contribution is 2.31. The van der Waals surface area contributed by atoms with Crippen molar-refractivity contribution < 1.29 is 16.8 Å². The van der Waals surface area contributed by atoms with E-state index in [1.165, 1.54) is 48.5 Å². The molecule has 0 aromatic heterocycles. The van der Waals surface area contributed by atoms with Gasteiger partial charge in [0.1, 0.15) is 0 Å². The van der Waals surface area contributed by atoms with Gasteiger partial charge in [-0.3, -0.25) is 9.44 Å². The fourth-order valence-electron chi connectivity index (χ4n) is 2.42. The van der Waals surface area contributed by atoms with Crippen molar-refractivity contribution in [3.63, 3.8) is 0 Å². The lowest BCUT2D eigenvalue weighted by atomic mass is 10.2. The zero-order chi connectivity index (χ0) is 21.2. The first-order chi connectivity index (χ1) is 13.6. The van der Waals surface area contributed by atoms with E-state index in [4.69, 9.17) is 23.2 Å². The summed E-state index contributed by atoms with van der Waals surface area (Å²) in [6.07, 6.45) is 0. The lowest BCUT2D eigenvalue weighted by molar-refractivity contribution is 0.600. The molecule has 0 bridgehead atoms. The van der Waals surface area contributed by atoms with Gasteiger partial charge in [0.15, 0.2) is 0 Å². The van der Waals surface area contributed by atoms with Crippen molar-refractivity contribution in [3.05, 3.63) is 82.3 Å². The molecule has 0 heterocycles. The average molecular weight is 471 g/mol. The number of anilines is 2. The zero-order valence-electron chi connectivity index (χ0n) is 15.1. The Morgan fingerprint density at radius 3 is 1.79 bits per heavy atom. The second-order valence-corrected chi connectivity index (χ2v) is 10.3. The first-order valence-electron chi connectivity index (χ1n) is 8.25. The molecule has 6 nitrogen and oxygen atoms in total. The van der Waals surface area contributed by atoms with Gasteiger partial charge in [-0.15, -0.1) is 0 Å². The van der Waals surface area contributed by atoms with Crippen LogP contribution in [-0.2, 0) is 20.0 Å². The van der Waals surface area contributed by atoms with Gasteiger partial charge in [-0.2, -0.15) is 0 Å². The molecule has 0 aliphatic heterocycles.